The third-order valence-corrected chi connectivity index (χ3v) is 4.66. The van der Waals surface area contributed by atoms with E-state index in [2.05, 4.69) is 11.4 Å². The zero-order valence-corrected chi connectivity index (χ0v) is 13.8. The molecule has 2 aromatic rings. The van der Waals surface area contributed by atoms with Gasteiger partial charge in [-0.2, -0.15) is 0 Å². The van der Waals surface area contributed by atoms with Crippen molar-refractivity contribution in [1.29, 1.82) is 0 Å². The minimum Gasteiger partial charge on any atom is -0.482 e. The van der Waals surface area contributed by atoms with Crippen molar-refractivity contribution >= 4 is 29.1 Å². The van der Waals surface area contributed by atoms with Gasteiger partial charge in [-0.3, -0.25) is 9.59 Å². The monoisotopic (exact) mass is 327 g/mol. The molecular weight excluding hydrogens is 310 g/mol. The summed E-state index contributed by atoms with van der Waals surface area (Å²) in [6.07, 6.45) is 0. The second-order valence-electron chi connectivity index (χ2n) is 5.49. The molecule has 1 aliphatic heterocycles. The minimum atomic E-state index is -0.213. The fourth-order valence-corrected chi connectivity index (χ4v) is 3.48. The number of hydrogen-bond donors (Lipinski definition) is 1. The van der Waals surface area contributed by atoms with Crippen molar-refractivity contribution in [3.05, 3.63) is 53.6 Å². The predicted octanol–water partition coefficient (Wildman–Crippen LogP) is 3.69. The first kappa shape index (κ1) is 15.6. The van der Waals surface area contributed by atoms with E-state index >= 15 is 0 Å². The fourth-order valence-electron chi connectivity index (χ4n) is 2.42. The minimum absolute atomic E-state index is 0.0138. The van der Waals surface area contributed by atoms with Crippen molar-refractivity contribution in [2.75, 3.05) is 11.9 Å². The largest absolute Gasteiger partial charge is 0.482 e. The number of thioether (sulfide) groups is 1. The number of anilines is 1. The Morgan fingerprint density at radius 3 is 2.87 bits per heavy atom. The van der Waals surface area contributed by atoms with Crippen molar-refractivity contribution in [3.8, 4) is 5.75 Å². The third-order valence-electron chi connectivity index (χ3n) is 3.57. The maximum Gasteiger partial charge on any atom is 0.262 e. The van der Waals surface area contributed by atoms with Crippen LogP contribution in [0.4, 0.5) is 5.69 Å². The highest BCUT2D eigenvalue weighted by Crippen LogP contribution is 2.31. The average molecular weight is 327 g/mol. The zero-order chi connectivity index (χ0) is 16.4. The maximum absolute atomic E-state index is 12.6. The topological polar surface area (TPSA) is 55.4 Å². The fraction of sp³-hybridized carbons (Fsp3) is 0.222. The first-order valence-corrected chi connectivity index (χ1v) is 8.25. The number of rotatable bonds is 4. The van der Waals surface area contributed by atoms with E-state index in [4.69, 9.17) is 4.74 Å². The number of aryl methyl sites for hydroxylation is 1. The van der Waals surface area contributed by atoms with Crippen LogP contribution in [0.5, 0.6) is 5.75 Å². The zero-order valence-electron chi connectivity index (χ0n) is 13.0. The number of ether oxygens (including phenoxy) is 1. The molecule has 0 aliphatic carbocycles. The summed E-state index contributed by atoms with van der Waals surface area (Å²) < 4.78 is 5.31. The van der Waals surface area contributed by atoms with E-state index < -0.39 is 0 Å². The van der Waals surface area contributed by atoms with E-state index in [0.717, 1.165) is 4.90 Å². The Morgan fingerprint density at radius 2 is 2.09 bits per heavy atom. The Hall–Kier alpha value is -2.27. The number of amides is 1. The average Bonchev–Trinajstić information content (AvgIpc) is 2.53. The number of Topliss-reactive ketones (excluding diaryl/α,β-unsaturated/α-hetero) is 1. The predicted molar refractivity (Wildman–Crippen MR) is 91.4 cm³/mol. The Labute approximate surface area is 139 Å². The molecule has 0 saturated heterocycles. The quantitative estimate of drug-likeness (QED) is 0.687. The maximum atomic E-state index is 12.6. The summed E-state index contributed by atoms with van der Waals surface area (Å²) in [4.78, 5) is 25.1. The Morgan fingerprint density at radius 1 is 1.26 bits per heavy atom. The molecule has 1 heterocycles. The van der Waals surface area contributed by atoms with Crippen LogP contribution in [-0.4, -0.2) is 23.5 Å². The van der Waals surface area contributed by atoms with Crippen molar-refractivity contribution in [2.45, 2.75) is 24.0 Å². The molecule has 1 N–H and O–H groups in total. The molecule has 0 fully saturated rings. The lowest BCUT2D eigenvalue weighted by Gasteiger charge is -2.19. The number of ketones is 1. The van der Waals surface area contributed by atoms with Gasteiger partial charge in [-0.05, 0) is 44.2 Å². The lowest BCUT2D eigenvalue weighted by Crippen LogP contribution is -2.25. The second-order valence-corrected chi connectivity index (χ2v) is 6.90. The molecule has 23 heavy (non-hydrogen) atoms. The van der Waals surface area contributed by atoms with Gasteiger partial charge in [0.05, 0.1) is 10.9 Å². The van der Waals surface area contributed by atoms with Gasteiger partial charge < -0.3 is 10.1 Å². The molecule has 2 aromatic carbocycles. The molecule has 1 amide bonds. The van der Waals surface area contributed by atoms with E-state index in [0.29, 0.717) is 17.0 Å². The molecule has 3 rings (SSSR count). The van der Waals surface area contributed by atoms with Crippen molar-refractivity contribution in [1.82, 2.24) is 0 Å². The lowest BCUT2D eigenvalue weighted by atomic mass is 10.1. The Balaban J connectivity index is 1.77. The molecule has 1 atom stereocenters. The Kier molecular flexibility index (Phi) is 4.39. The van der Waals surface area contributed by atoms with Crippen LogP contribution in [0.1, 0.15) is 22.8 Å². The van der Waals surface area contributed by atoms with E-state index in [-0.39, 0.29) is 23.5 Å². The third kappa shape index (κ3) is 3.56. The highest BCUT2D eigenvalue weighted by Gasteiger charge is 2.21. The number of carbonyl (C=O) groups is 2. The first-order chi connectivity index (χ1) is 11.0. The molecule has 118 valence electrons. The second kappa shape index (κ2) is 6.46. The van der Waals surface area contributed by atoms with Crippen LogP contribution in [-0.2, 0) is 4.79 Å². The number of fused-ring (bicyclic) bond motifs is 1. The number of nitrogens with one attached hydrogen (secondary N) is 1. The SMILES string of the molecule is Cc1cccc(SC(C)C(=O)c2ccc3c(c2)NC(=O)CO3)c1. The van der Waals surface area contributed by atoms with E-state index in [9.17, 15) is 9.59 Å². The van der Waals surface area contributed by atoms with Crippen LogP contribution in [0, 0.1) is 6.92 Å². The molecule has 1 unspecified atom stereocenters. The number of carbonyl (C=O) groups excluding carboxylic acids is 2. The molecule has 0 radical (unpaired) electrons. The van der Waals surface area contributed by atoms with E-state index in [1.54, 1.807) is 18.2 Å². The number of benzene rings is 2. The van der Waals surface area contributed by atoms with E-state index in [1.807, 2.05) is 32.0 Å². The molecule has 0 spiro atoms. The highest BCUT2D eigenvalue weighted by molar-refractivity contribution is 8.00. The summed E-state index contributed by atoms with van der Waals surface area (Å²) in [7, 11) is 0. The standard InChI is InChI=1S/C18H17NO3S/c1-11-4-3-5-14(8-11)23-12(2)18(21)13-6-7-16-15(9-13)19-17(20)10-22-16/h3-9,12H,10H2,1-2H3,(H,19,20). The summed E-state index contributed by atoms with van der Waals surface area (Å²) in [6.45, 7) is 3.94. The van der Waals surface area contributed by atoms with Crippen molar-refractivity contribution in [2.24, 2.45) is 0 Å². The van der Waals surface area contributed by atoms with Gasteiger partial charge in [-0.15, -0.1) is 11.8 Å². The molecule has 1 aliphatic rings. The van der Waals surface area contributed by atoms with Crippen LogP contribution in [0.2, 0.25) is 0 Å². The van der Waals surface area contributed by atoms with Crippen LogP contribution < -0.4 is 10.1 Å². The smallest absolute Gasteiger partial charge is 0.262 e. The summed E-state index contributed by atoms with van der Waals surface area (Å²) in [5.41, 5.74) is 2.30. The lowest BCUT2D eigenvalue weighted by molar-refractivity contribution is -0.118. The number of hydrogen-bond acceptors (Lipinski definition) is 4. The first-order valence-electron chi connectivity index (χ1n) is 7.37. The van der Waals surface area contributed by atoms with Gasteiger partial charge in [0.25, 0.3) is 5.91 Å². The van der Waals surface area contributed by atoms with E-state index in [1.165, 1.54) is 17.3 Å². The summed E-state index contributed by atoms with van der Waals surface area (Å²) in [5.74, 6) is 0.420. The molecular formula is C18H17NO3S. The Bertz CT molecular complexity index is 773. The van der Waals surface area contributed by atoms with Crippen LogP contribution in [0.15, 0.2) is 47.4 Å². The van der Waals surface area contributed by atoms with Gasteiger partial charge in [0, 0.05) is 10.5 Å². The van der Waals surface area contributed by atoms with Gasteiger partial charge in [0.2, 0.25) is 0 Å². The molecule has 0 saturated carbocycles. The summed E-state index contributed by atoms with van der Waals surface area (Å²) in [6, 6.07) is 13.2. The molecule has 4 nitrogen and oxygen atoms in total. The molecule has 0 bridgehead atoms. The van der Waals surface area contributed by atoms with Gasteiger partial charge in [-0.1, -0.05) is 17.7 Å². The molecule has 0 aromatic heterocycles. The summed E-state index contributed by atoms with van der Waals surface area (Å²) >= 11 is 1.53. The van der Waals surface area contributed by atoms with Gasteiger partial charge in [-0.25, -0.2) is 0 Å². The van der Waals surface area contributed by atoms with Gasteiger partial charge in [0.1, 0.15) is 5.75 Å². The van der Waals surface area contributed by atoms with Crippen LogP contribution >= 0.6 is 11.8 Å². The van der Waals surface area contributed by atoms with Gasteiger partial charge in [0.15, 0.2) is 12.4 Å². The van der Waals surface area contributed by atoms with Crippen LogP contribution in [0.25, 0.3) is 0 Å². The summed E-state index contributed by atoms with van der Waals surface area (Å²) in [5, 5.41) is 2.52. The molecule has 5 heteroatoms. The van der Waals surface area contributed by atoms with Gasteiger partial charge >= 0.3 is 0 Å². The van der Waals surface area contributed by atoms with Crippen molar-refractivity contribution < 1.29 is 14.3 Å². The normalized spacial score (nSPS) is 14.4. The van der Waals surface area contributed by atoms with Crippen LogP contribution in [0.3, 0.4) is 0 Å². The highest BCUT2D eigenvalue weighted by atomic mass is 32.2. The van der Waals surface area contributed by atoms with Crippen molar-refractivity contribution in [3.63, 3.8) is 0 Å².